The van der Waals surface area contributed by atoms with Crippen LogP contribution >= 0.6 is 31.9 Å². The normalized spacial score (nSPS) is 11.6. The van der Waals surface area contributed by atoms with Gasteiger partial charge in [-0.05, 0) is 34.1 Å². The zero-order valence-corrected chi connectivity index (χ0v) is 13.4. The lowest BCUT2D eigenvalue weighted by Gasteiger charge is -2.09. The summed E-state index contributed by atoms with van der Waals surface area (Å²) >= 11 is 6.12. The van der Waals surface area contributed by atoms with Crippen molar-refractivity contribution in [3.63, 3.8) is 0 Å². The Morgan fingerprint density at radius 3 is 2.63 bits per heavy atom. The molecule has 0 spiro atoms. The molecule has 0 radical (unpaired) electrons. The van der Waals surface area contributed by atoms with Crippen LogP contribution in [0.3, 0.4) is 0 Å². The van der Waals surface area contributed by atoms with Crippen molar-refractivity contribution < 1.29 is 12.8 Å². The molecule has 1 aromatic carbocycles. The first-order valence-corrected chi connectivity index (χ1v) is 7.91. The average Bonchev–Trinajstić information content (AvgIpc) is 2.64. The minimum atomic E-state index is -3.99. The third-order valence-corrected chi connectivity index (χ3v) is 4.91. The minimum Gasteiger partial charge on any atom is -0.275 e. The lowest BCUT2D eigenvalue weighted by Crippen LogP contribution is -2.18. The molecule has 0 aliphatic heterocycles. The monoisotopic (exact) mass is 412 g/mol. The molecule has 1 aromatic heterocycles. The van der Waals surface area contributed by atoms with Crippen molar-refractivity contribution in [3.05, 3.63) is 33.1 Å². The summed E-state index contributed by atoms with van der Waals surface area (Å²) in [5.41, 5.74) is -0.164. The van der Waals surface area contributed by atoms with E-state index < -0.39 is 15.8 Å². The fraction of sp³-hybridized carbons (Fsp3) is 0.111. The van der Waals surface area contributed by atoms with Crippen LogP contribution < -0.4 is 4.72 Å². The van der Waals surface area contributed by atoms with Crippen molar-refractivity contribution in [1.29, 1.82) is 0 Å². The SMILES string of the molecule is Cn1nnc(Br)c1S(=O)(=O)Nc1cc(Br)ccc1F. The van der Waals surface area contributed by atoms with Crippen LogP contribution in [0.5, 0.6) is 0 Å². The van der Waals surface area contributed by atoms with E-state index in [1.165, 1.54) is 19.2 Å². The van der Waals surface area contributed by atoms with E-state index in [9.17, 15) is 12.8 Å². The maximum Gasteiger partial charge on any atom is 0.282 e. The van der Waals surface area contributed by atoms with Gasteiger partial charge in [0.1, 0.15) is 5.82 Å². The molecule has 2 rings (SSSR count). The second-order valence-electron chi connectivity index (χ2n) is 3.54. The molecule has 0 amide bonds. The molecule has 1 heterocycles. The number of aromatic nitrogens is 3. The molecule has 0 fully saturated rings. The first-order valence-electron chi connectivity index (χ1n) is 4.84. The van der Waals surface area contributed by atoms with Crippen LogP contribution in [0.15, 0.2) is 32.3 Å². The number of anilines is 1. The zero-order chi connectivity index (χ0) is 14.2. The van der Waals surface area contributed by atoms with E-state index in [0.717, 1.165) is 10.7 Å². The van der Waals surface area contributed by atoms with Gasteiger partial charge in [0, 0.05) is 11.5 Å². The van der Waals surface area contributed by atoms with E-state index in [1.54, 1.807) is 0 Å². The molecule has 0 bridgehead atoms. The van der Waals surface area contributed by atoms with Gasteiger partial charge in [0.25, 0.3) is 10.0 Å². The van der Waals surface area contributed by atoms with E-state index in [0.29, 0.717) is 4.47 Å². The molecule has 0 aliphatic rings. The van der Waals surface area contributed by atoms with Gasteiger partial charge in [-0.3, -0.25) is 4.72 Å². The largest absolute Gasteiger partial charge is 0.282 e. The van der Waals surface area contributed by atoms with Crippen LogP contribution in [0.1, 0.15) is 0 Å². The molecule has 0 unspecified atom stereocenters. The van der Waals surface area contributed by atoms with Gasteiger partial charge >= 0.3 is 0 Å². The highest BCUT2D eigenvalue weighted by atomic mass is 79.9. The molecule has 0 saturated carbocycles. The molecule has 102 valence electrons. The number of hydrogen-bond acceptors (Lipinski definition) is 4. The number of rotatable bonds is 3. The number of nitrogens with zero attached hydrogens (tertiary/aromatic N) is 3. The Kier molecular flexibility index (Phi) is 3.92. The van der Waals surface area contributed by atoms with Gasteiger partial charge in [0.05, 0.1) is 5.69 Å². The number of sulfonamides is 1. The summed E-state index contributed by atoms with van der Waals surface area (Å²) in [5, 5.41) is 6.95. The zero-order valence-electron chi connectivity index (χ0n) is 9.43. The highest BCUT2D eigenvalue weighted by Gasteiger charge is 2.25. The predicted molar refractivity (Wildman–Crippen MR) is 73.6 cm³/mol. The number of hydrogen-bond donors (Lipinski definition) is 1. The number of halogens is 3. The molecule has 2 aromatic rings. The summed E-state index contributed by atoms with van der Waals surface area (Å²) in [7, 11) is -2.57. The van der Waals surface area contributed by atoms with Crippen LogP contribution in [0, 0.1) is 5.82 Å². The molecular formula is C9H7Br2FN4O2S. The van der Waals surface area contributed by atoms with Crippen LogP contribution in [-0.4, -0.2) is 23.4 Å². The Morgan fingerprint density at radius 2 is 2.05 bits per heavy atom. The highest BCUT2D eigenvalue weighted by molar-refractivity contribution is 9.10. The Morgan fingerprint density at radius 1 is 1.37 bits per heavy atom. The standard InChI is InChI=1S/C9H7Br2FN4O2S/c1-16-9(8(11)13-15-16)19(17,18)14-7-4-5(10)2-3-6(7)12/h2-4,14H,1H3. The molecule has 0 atom stereocenters. The lowest BCUT2D eigenvalue weighted by atomic mass is 10.3. The second-order valence-corrected chi connectivity index (χ2v) is 6.80. The number of aryl methyl sites for hydroxylation is 1. The Bertz CT molecular complexity index is 712. The van der Waals surface area contributed by atoms with Crippen molar-refractivity contribution in [2.75, 3.05) is 4.72 Å². The first-order chi connectivity index (χ1) is 8.81. The van der Waals surface area contributed by atoms with E-state index >= 15 is 0 Å². The summed E-state index contributed by atoms with van der Waals surface area (Å²) in [6.45, 7) is 0. The van der Waals surface area contributed by atoms with Gasteiger partial charge in [-0.1, -0.05) is 21.1 Å². The van der Waals surface area contributed by atoms with Crippen molar-refractivity contribution in [3.8, 4) is 0 Å². The summed E-state index contributed by atoms with van der Waals surface area (Å²) in [6, 6.07) is 3.94. The lowest BCUT2D eigenvalue weighted by molar-refractivity contribution is 0.577. The van der Waals surface area contributed by atoms with Crippen molar-refractivity contribution in [2.24, 2.45) is 7.05 Å². The highest BCUT2D eigenvalue weighted by Crippen LogP contribution is 2.25. The fourth-order valence-corrected chi connectivity index (χ4v) is 3.89. The van der Waals surface area contributed by atoms with Crippen LogP contribution in [0.2, 0.25) is 0 Å². The number of benzene rings is 1. The van der Waals surface area contributed by atoms with Crippen molar-refractivity contribution in [2.45, 2.75) is 5.03 Å². The maximum atomic E-state index is 13.5. The Balaban J connectivity index is 2.45. The Hall–Kier alpha value is -1.00. The summed E-state index contributed by atoms with van der Waals surface area (Å²) in [6.07, 6.45) is 0. The third-order valence-electron chi connectivity index (χ3n) is 2.16. The van der Waals surface area contributed by atoms with Gasteiger partial charge in [-0.2, -0.15) is 8.42 Å². The summed E-state index contributed by atoms with van der Waals surface area (Å²) in [4.78, 5) is 0. The predicted octanol–water partition coefficient (Wildman–Crippen LogP) is 2.28. The quantitative estimate of drug-likeness (QED) is 0.837. The molecule has 1 N–H and O–H groups in total. The van der Waals surface area contributed by atoms with Crippen LogP contribution in [0.4, 0.5) is 10.1 Å². The van der Waals surface area contributed by atoms with Gasteiger partial charge in [0.15, 0.2) is 4.60 Å². The minimum absolute atomic E-state index is 0.0536. The topological polar surface area (TPSA) is 76.9 Å². The summed E-state index contributed by atoms with van der Waals surface area (Å²) < 4.78 is 41.7. The van der Waals surface area contributed by atoms with Gasteiger partial charge < -0.3 is 0 Å². The van der Waals surface area contributed by atoms with E-state index in [-0.39, 0.29) is 15.3 Å². The van der Waals surface area contributed by atoms with Gasteiger partial charge in [-0.15, -0.1) is 5.10 Å². The third kappa shape index (κ3) is 2.95. The summed E-state index contributed by atoms with van der Waals surface area (Å²) in [5.74, 6) is -0.682. The second kappa shape index (κ2) is 5.17. The molecule has 6 nitrogen and oxygen atoms in total. The fourth-order valence-electron chi connectivity index (χ4n) is 1.38. The van der Waals surface area contributed by atoms with E-state index in [1.807, 2.05) is 0 Å². The Labute approximate surface area is 125 Å². The van der Waals surface area contributed by atoms with Crippen molar-refractivity contribution >= 4 is 47.6 Å². The molecule has 0 saturated heterocycles. The first kappa shape index (κ1) is 14.4. The maximum absolute atomic E-state index is 13.5. The van der Waals surface area contributed by atoms with Crippen LogP contribution in [-0.2, 0) is 17.1 Å². The van der Waals surface area contributed by atoms with E-state index in [2.05, 4.69) is 46.9 Å². The van der Waals surface area contributed by atoms with E-state index in [4.69, 9.17) is 0 Å². The smallest absolute Gasteiger partial charge is 0.275 e. The van der Waals surface area contributed by atoms with Gasteiger partial charge in [0.2, 0.25) is 5.03 Å². The van der Waals surface area contributed by atoms with Gasteiger partial charge in [-0.25, -0.2) is 9.07 Å². The molecule has 0 aliphatic carbocycles. The molecule has 19 heavy (non-hydrogen) atoms. The van der Waals surface area contributed by atoms with Crippen molar-refractivity contribution in [1.82, 2.24) is 15.0 Å². The molecular weight excluding hydrogens is 407 g/mol. The average molecular weight is 414 g/mol. The van der Waals surface area contributed by atoms with Crippen LogP contribution in [0.25, 0.3) is 0 Å². The number of nitrogens with one attached hydrogen (secondary N) is 1. The molecule has 10 heteroatoms.